The maximum absolute atomic E-state index is 14.6. The highest BCUT2D eigenvalue weighted by molar-refractivity contribution is 7.89. The highest BCUT2D eigenvalue weighted by Gasteiger charge is 2.38. The third-order valence-electron chi connectivity index (χ3n) is 6.97. The van der Waals surface area contributed by atoms with Gasteiger partial charge in [0.1, 0.15) is 28.3 Å². The standard InChI is InChI=1S/C29H34FN3O6S/c1-19-16-33(20(2)18-34)40(36,37)28-13-12-21(24-10-5-6-11-25(24)30)14-26(28)39-27(19)17-32(3)29(35)31-22-8-7-9-23(15-22)38-4/h5-15,19-20,27,34H,16-18H2,1-4H3,(H,31,35)/t19-,20-,27+/m1/s1. The van der Waals surface area contributed by atoms with E-state index in [0.717, 1.165) is 0 Å². The van der Waals surface area contributed by atoms with Crippen molar-refractivity contribution in [2.24, 2.45) is 5.92 Å². The molecule has 0 radical (unpaired) electrons. The highest BCUT2D eigenvalue weighted by Crippen LogP contribution is 2.37. The Morgan fingerprint density at radius 2 is 1.95 bits per heavy atom. The monoisotopic (exact) mass is 571 g/mol. The minimum Gasteiger partial charge on any atom is -0.497 e. The molecule has 40 heavy (non-hydrogen) atoms. The predicted octanol–water partition coefficient (Wildman–Crippen LogP) is 4.43. The lowest BCUT2D eigenvalue weighted by molar-refractivity contribution is 0.0830. The summed E-state index contributed by atoms with van der Waals surface area (Å²) in [5, 5.41) is 12.7. The third-order valence-corrected chi connectivity index (χ3v) is 8.99. The molecule has 0 fully saturated rings. The average molecular weight is 572 g/mol. The van der Waals surface area contributed by atoms with Crippen molar-refractivity contribution in [1.82, 2.24) is 9.21 Å². The summed E-state index contributed by atoms with van der Waals surface area (Å²) in [5.74, 6) is -0.181. The summed E-state index contributed by atoms with van der Waals surface area (Å²) in [6.07, 6.45) is -0.625. The van der Waals surface area contributed by atoms with E-state index in [9.17, 15) is 22.7 Å². The van der Waals surface area contributed by atoms with Gasteiger partial charge in [0.2, 0.25) is 10.0 Å². The van der Waals surface area contributed by atoms with Crippen LogP contribution < -0.4 is 14.8 Å². The highest BCUT2D eigenvalue weighted by atomic mass is 32.2. The van der Waals surface area contributed by atoms with E-state index in [1.165, 1.54) is 40.6 Å². The number of likely N-dealkylation sites (N-methyl/N-ethyl adjacent to an activating group) is 1. The van der Waals surface area contributed by atoms with Crippen molar-refractivity contribution in [3.8, 4) is 22.6 Å². The van der Waals surface area contributed by atoms with Gasteiger partial charge in [-0.1, -0.05) is 37.3 Å². The minimum atomic E-state index is -4.06. The smallest absolute Gasteiger partial charge is 0.321 e. The zero-order chi connectivity index (χ0) is 29.0. The largest absolute Gasteiger partial charge is 0.497 e. The first kappa shape index (κ1) is 29.3. The van der Waals surface area contributed by atoms with E-state index in [1.807, 2.05) is 6.92 Å². The summed E-state index contributed by atoms with van der Waals surface area (Å²) in [7, 11) is -0.906. The van der Waals surface area contributed by atoms with Crippen molar-refractivity contribution in [2.45, 2.75) is 30.9 Å². The summed E-state index contributed by atoms with van der Waals surface area (Å²) in [6, 6.07) is 16.5. The lowest BCUT2D eigenvalue weighted by Gasteiger charge is -2.37. The third kappa shape index (κ3) is 6.22. The number of hydrogen-bond acceptors (Lipinski definition) is 6. The Morgan fingerprint density at radius 1 is 1.20 bits per heavy atom. The first-order chi connectivity index (χ1) is 19.0. The Labute approximate surface area is 234 Å². The molecule has 2 amide bonds. The van der Waals surface area contributed by atoms with Gasteiger partial charge in [-0.25, -0.2) is 17.6 Å². The molecule has 11 heteroatoms. The molecule has 1 aliphatic heterocycles. The summed E-state index contributed by atoms with van der Waals surface area (Å²) in [4.78, 5) is 14.4. The molecule has 1 aliphatic rings. The second-order valence-corrected chi connectivity index (χ2v) is 11.8. The number of carbonyl (C=O) groups excluding carboxylic acids is 1. The number of aliphatic hydroxyl groups excluding tert-OH is 1. The van der Waals surface area contributed by atoms with E-state index < -0.39 is 28.0 Å². The number of nitrogens with zero attached hydrogens (tertiary/aromatic N) is 2. The number of ether oxygens (including phenoxy) is 2. The second kappa shape index (κ2) is 12.2. The molecule has 0 saturated heterocycles. The van der Waals surface area contributed by atoms with Crippen LogP contribution in [0.4, 0.5) is 14.9 Å². The van der Waals surface area contributed by atoms with E-state index in [0.29, 0.717) is 22.6 Å². The van der Waals surface area contributed by atoms with E-state index in [4.69, 9.17) is 9.47 Å². The average Bonchev–Trinajstić information content (AvgIpc) is 2.94. The van der Waals surface area contributed by atoms with Gasteiger partial charge in [-0.05, 0) is 42.8 Å². The number of nitrogens with one attached hydrogen (secondary N) is 1. The number of amides is 2. The zero-order valence-corrected chi connectivity index (χ0v) is 23.7. The van der Waals surface area contributed by atoms with Crippen LogP contribution in [0.25, 0.3) is 11.1 Å². The van der Waals surface area contributed by atoms with Crippen LogP contribution in [0.2, 0.25) is 0 Å². The van der Waals surface area contributed by atoms with Crippen LogP contribution in [0.3, 0.4) is 0 Å². The van der Waals surface area contributed by atoms with Crippen LogP contribution >= 0.6 is 0 Å². The number of methoxy groups -OCH3 is 1. The summed E-state index contributed by atoms with van der Waals surface area (Å²) in [6.45, 7) is 3.28. The van der Waals surface area contributed by atoms with Gasteiger partial charge in [0.25, 0.3) is 0 Å². The van der Waals surface area contributed by atoms with Crippen molar-refractivity contribution < 1.29 is 32.2 Å². The van der Waals surface area contributed by atoms with E-state index in [2.05, 4.69) is 5.32 Å². The van der Waals surface area contributed by atoms with Crippen molar-refractivity contribution in [2.75, 3.05) is 39.2 Å². The SMILES string of the molecule is COc1cccc(NC(=O)N(C)C[C@@H]2Oc3cc(-c4ccccc4F)ccc3S(=O)(=O)N([C@H](C)CO)C[C@H]2C)c1. The molecule has 3 aromatic carbocycles. The number of benzene rings is 3. The molecule has 214 valence electrons. The number of anilines is 1. The van der Waals surface area contributed by atoms with Crippen LogP contribution in [0, 0.1) is 11.7 Å². The van der Waals surface area contributed by atoms with Crippen LogP contribution in [-0.4, -0.2) is 74.8 Å². The number of hydrogen-bond donors (Lipinski definition) is 2. The zero-order valence-electron chi connectivity index (χ0n) is 22.9. The Morgan fingerprint density at radius 3 is 2.65 bits per heavy atom. The van der Waals surface area contributed by atoms with Gasteiger partial charge in [-0.3, -0.25) is 0 Å². The van der Waals surface area contributed by atoms with Gasteiger partial charge in [0, 0.05) is 42.9 Å². The maximum atomic E-state index is 14.6. The molecule has 0 saturated carbocycles. The molecule has 3 atom stereocenters. The maximum Gasteiger partial charge on any atom is 0.321 e. The quantitative estimate of drug-likeness (QED) is 0.434. The Balaban J connectivity index is 1.68. The molecule has 4 rings (SSSR count). The molecular weight excluding hydrogens is 537 g/mol. The van der Waals surface area contributed by atoms with Crippen LogP contribution in [0.15, 0.2) is 71.6 Å². The van der Waals surface area contributed by atoms with Crippen molar-refractivity contribution in [1.29, 1.82) is 0 Å². The predicted molar refractivity (Wildman–Crippen MR) is 150 cm³/mol. The van der Waals surface area contributed by atoms with Crippen LogP contribution in [0.1, 0.15) is 13.8 Å². The fourth-order valence-corrected chi connectivity index (χ4v) is 6.40. The summed E-state index contributed by atoms with van der Waals surface area (Å²) >= 11 is 0. The van der Waals surface area contributed by atoms with Crippen LogP contribution in [0.5, 0.6) is 11.5 Å². The molecule has 3 aromatic rings. The molecule has 0 bridgehead atoms. The summed E-state index contributed by atoms with van der Waals surface area (Å²) in [5.41, 5.74) is 1.30. The normalized spacial score (nSPS) is 19.4. The molecule has 0 spiro atoms. The Kier molecular flexibility index (Phi) is 8.97. The number of urea groups is 1. The topological polar surface area (TPSA) is 108 Å². The van der Waals surface area contributed by atoms with Gasteiger partial charge in [-0.15, -0.1) is 0 Å². The van der Waals surface area contributed by atoms with Crippen molar-refractivity contribution in [3.63, 3.8) is 0 Å². The number of carbonyl (C=O) groups is 1. The van der Waals surface area contributed by atoms with Gasteiger partial charge in [0.15, 0.2) is 0 Å². The van der Waals surface area contributed by atoms with Crippen molar-refractivity contribution in [3.05, 3.63) is 72.5 Å². The number of aliphatic hydroxyl groups is 1. The number of sulfonamides is 1. The number of halogens is 1. The van der Waals surface area contributed by atoms with E-state index in [1.54, 1.807) is 56.4 Å². The first-order valence-corrected chi connectivity index (χ1v) is 14.3. The molecule has 0 unspecified atom stereocenters. The molecular formula is C29H34FN3O6S. The lowest BCUT2D eigenvalue weighted by atomic mass is 10.0. The molecule has 0 aromatic heterocycles. The van der Waals surface area contributed by atoms with Gasteiger partial charge >= 0.3 is 6.03 Å². The molecule has 0 aliphatic carbocycles. The fourth-order valence-electron chi connectivity index (χ4n) is 4.58. The number of rotatable bonds is 7. The van der Waals surface area contributed by atoms with Crippen molar-refractivity contribution >= 4 is 21.7 Å². The van der Waals surface area contributed by atoms with Gasteiger partial charge in [-0.2, -0.15) is 4.31 Å². The Hall–Kier alpha value is -3.67. The Bertz CT molecular complexity index is 1470. The van der Waals surface area contributed by atoms with Gasteiger partial charge < -0.3 is 24.8 Å². The minimum absolute atomic E-state index is 0.0500. The molecule has 9 nitrogen and oxygen atoms in total. The molecule has 1 heterocycles. The van der Waals surface area contributed by atoms with Crippen LogP contribution in [-0.2, 0) is 10.0 Å². The fraction of sp³-hybridized carbons (Fsp3) is 0.345. The van der Waals surface area contributed by atoms with Gasteiger partial charge in [0.05, 0.1) is 20.3 Å². The second-order valence-electron chi connectivity index (χ2n) is 9.92. The number of fused-ring (bicyclic) bond motifs is 1. The first-order valence-electron chi connectivity index (χ1n) is 12.9. The molecule has 2 N–H and O–H groups in total. The lowest BCUT2D eigenvalue weighted by Crippen LogP contribution is -2.50. The van der Waals surface area contributed by atoms with E-state index >= 15 is 0 Å². The van der Waals surface area contributed by atoms with E-state index in [-0.39, 0.29) is 42.3 Å². The summed E-state index contributed by atoms with van der Waals surface area (Å²) < 4.78 is 54.8.